The third-order valence-electron chi connectivity index (χ3n) is 1.41. The molecule has 0 bridgehead atoms. The number of pyridine rings is 1. The topological polar surface area (TPSA) is 56.0 Å². The van der Waals surface area contributed by atoms with Crippen LogP contribution in [0.15, 0.2) is 16.7 Å². The molecular formula is C7H4BrF3N2O. The number of hydrogen-bond donors (Lipinski definition) is 1. The van der Waals surface area contributed by atoms with Gasteiger partial charge in [0.1, 0.15) is 5.69 Å². The number of nitrogens with two attached hydrogens (primary N) is 1. The quantitative estimate of drug-likeness (QED) is 0.847. The fourth-order valence-electron chi connectivity index (χ4n) is 0.783. The monoisotopic (exact) mass is 268 g/mol. The van der Waals surface area contributed by atoms with Gasteiger partial charge in [-0.3, -0.25) is 9.78 Å². The number of aromatic nitrogens is 1. The number of hydrogen-bond acceptors (Lipinski definition) is 2. The van der Waals surface area contributed by atoms with Crippen molar-refractivity contribution in [3.63, 3.8) is 0 Å². The zero-order valence-corrected chi connectivity index (χ0v) is 8.19. The van der Waals surface area contributed by atoms with Crippen LogP contribution in [0.1, 0.15) is 16.1 Å². The first-order valence-electron chi connectivity index (χ1n) is 3.35. The normalized spacial score (nSPS) is 11.4. The molecule has 0 atom stereocenters. The van der Waals surface area contributed by atoms with Gasteiger partial charge in [0.25, 0.3) is 0 Å². The lowest BCUT2D eigenvalue weighted by molar-refractivity contribution is -0.141. The molecule has 0 aliphatic heterocycles. The van der Waals surface area contributed by atoms with Crippen LogP contribution in [0.4, 0.5) is 13.2 Å². The summed E-state index contributed by atoms with van der Waals surface area (Å²) in [6.07, 6.45) is -3.69. The van der Waals surface area contributed by atoms with Gasteiger partial charge in [-0.1, -0.05) is 0 Å². The molecule has 0 aliphatic rings. The lowest BCUT2D eigenvalue weighted by atomic mass is 10.2. The smallest absolute Gasteiger partial charge is 0.366 e. The minimum atomic E-state index is -4.58. The molecule has 1 aromatic heterocycles. The van der Waals surface area contributed by atoms with E-state index < -0.39 is 17.8 Å². The van der Waals surface area contributed by atoms with E-state index in [-0.39, 0.29) is 10.0 Å². The van der Waals surface area contributed by atoms with Crippen molar-refractivity contribution < 1.29 is 18.0 Å². The van der Waals surface area contributed by atoms with Crippen molar-refractivity contribution in [2.75, 3.05) is 0 Å². The summed E-state index contributed by atoms with van der Waals surface area (Å²) in [5.74, 6) is -0.940. The average molecular weight is 269 g/mol. The van der Waals surface area contributed by atoms with Crippen LogP contribution in [0, 0.1) is 0 Å². The Bertz CT molecular complexity index is 378. The summed E-state index contributed by atoms with van der Waals surface area (Å²) in [4.78, 5) is 13.8. The fraction of sp³-hybridized carbons (Fsp3) is 0.143. The summed E-state index contributed by atoms with van der Waals surface area (Å²) in [6, 6.07) is 0.604. The number of carbonyl (C=O) groups is 1. The first-order chi connectivity index (χ1) is 6.32. The van der Waals surface area contributed by atoms with Crippen molar-refractivity contribution in [2.45, 2.75) is 6.18 Å². The number of alkyl halides is 3. The maximum atomic E-state index is 12.1. The number of carbonyl (C=O) groups excluding carboxylic acids is 1. The van der Waals surface area contributed by atoms with Crippen molar-refractivity contribution >= 4 is 21.8 Å². The van der Waals surface area contributed by atoms with Gasteiger partial charge in [-0.2, -0.15) is 13.2 Å². The average Bonchev–Trinajstić information content (AvgIpc) is 2.02. The maximum absolute atomic E-state index is 12.1. The van der Waals surface area contributed by atoms with Gasteiger partial charge >= 0.3 is 6.18 Å². The highest BCUT2D eigenvalue weighted by Crippen LogP contribution is 2.29. The standard InChI is InChI=1S/C7H4BrF3N2O/c8-4-2-13-5(7(9,10)11)1-3(4)6(12)14/h1-2H,(H2,12,14). The highest BCUT2D eigenvalue weighted by atomic mass is 79.9. The van der Waals surface area contributed by atoms with E-state index in [0.717, 1.165) is 6.20 Å². The first kappa shape index (κ1) is 11.0. The Morgan fingerprint density at radius 2 is 2.07 bits per heavy atom. The van der Waals surface area contributed by atoms with Gasteiger partial charge < -0.3 is 5.73 Å². The second kappa shape index (κ2) is 3.56. The molecule has 2 N–H and O–H groups in total. The second-order valence-corrected chi connectivity index (χ2v) is 3.27. The summed E-state index contributed by atoms with van der Waals surface area (Å²) < 4.78 is 36.5. The Morgan fingerprint density at radius 3 is 2.50 bits per heavy atom. The lowest BCUT2D eigenvalue weighted by Crippen LogP contribution is -2.15. The summed E-state index contributed by atoms with van der Waals surface area (Å²) >= 11 is 2.87. The maximum Gasteiger partial charge on any atom is 0.433 e. The first-order valence-corrected chi connectivity index (χ1v) is 4.14. The summed E-state index contributed by atoms with van der Waals surface area (Å²) in [5.41, 5.74) is 3.48. The van der Waals surface area contributed by atoms with E-state index in [0.29, 0.717) is 6.07 Å². The molecule has 1 heterocycles. The summed E-state index contributed by atoms with van der Waals surface area (Å²) in [6.45, 7) is 0. The van der Waals surface area contributed by atoms with Crippen LogP contribution in [0.3, 0.4) is 0 Å². The molecule has 0 radical (unpaired) electrons. The number of primary amides is 1. The zero-order valence-electron chi connectivity index (χ0n) is 6.60. The molecule has 0 unspecified atom stereocenters. The van der Waals surface area contributed by atoms with Crippen molar-refractivity contribution in [3.8, 4) is 0 Å². The highest BCUT2D eigenvalue weighted by molar-refractivity contribution is 9.10. The van der Waals surface area contributed by atoms with Gasteiger partial charge in [0, 0.05) is 10.7 Å². The molecule has 0 spiro atoms. The largest absolute Gasteiger partial charge is 0.433 e. The van der Waals surface area contributed by atoms with E-state index in [1.165, 1.54) is 0 Å². The zero-order chi connectivity index (χ0) is 10.9. The third-order valence-corrected chi connectivity index (χ3v) is 2.04. The minimum Gasteiger partial charge on any atom is -0.366 e. The number of amides is 1. The van der Waals surface area contributed by atoms with Crippen molar-refractivity contribution in [2.24, 2.45) is 5.73 Å². The van der Waals surface area contributed by atoms with E-state index in [2.05, 4.69) is 20.9 Å². The Morgan fingerprint density at radius 1 is 1.50 bits per heavy atom. The van der Waals surface area contributed by atoms with Gasteiger partial charge in [-0.05, 0) is 22.0 Å². The molecule has 0 aliphatic carbocycles. The highest BCUT2D eigenvalue weighted by Gasteiger charge is 2.33. The van der Waals surface area contributed by atoms with Crippen LogP contribution in [-0.2, 0) is 6.18 Å². The van der Waals surface area contributed by atoms with E-state index >= 15 is 0 Å². The SMILES string of the molecule is NC(=O)c1cc(C(F)(F)F)ncc1Br. The van der Waals surface area contributed by atoms with E-state index in [4.69, 9.17) is 5.73 Å². The summed E-state index contributed by atoms with van der Waals surface area (Å²) in [5, 5.41) is 0. The Hall–Kier alpha value is -1.11. The molecule has 76 valence electrons. The predicted octanol–water partition coefficient (Wildman–Crippen LogP) is 1.96. The van der Waals surface area contributed by atoms with Crippen LogP contribution in [0.2, 0.25) is 0 Å². The van der Waals surface area contributed by atoms with E-state index in [1.54, 1.807) is 0 Å². The molecule has 1 amide bonds. The fourth-order valence-corrected chi connectivity index (χ4v) is 1.19. The van der Waals surface area contributed by atoms with Crippen molar-refractivity contribution in [3.05, 3.63) is 28.0 Å². The van der Waals surface area contributed by atoms with Crippen LogP contribution in [0.25, 0.3) is 0 Å². The molecule has 1 aromatic rings. The van der Waals surface area contributed by atoms with Crippen LogP contribution in [-0.4, -0.2) is 10.9 Å². The lowest BCUT2D eigenvalue weighted by Gasteiger charge is -2.07. The molecule has 1 rings (SSSR count). The molecule has 0 saturated heterocycles. The van der Waals surface area contributed by atoms with Gasteiger partial charge in [-0.25, -0.2) is 0 Å². The molecule has 0 fully saturated rings. The van der Waals surface area contributed by atoms with Crippen molar-refractivity contribution in [1.82, 2.24) is 4.98 Å². The minimum absolute atomic E-state index is 0.137. The van der Waals surface area contributed by atoms with Gasteiger partial charge in [-0.15, -0.1) is 0 Å². The van der Waals surface area contributed by atoms with Gasteiger partial charge in [0.05, 0.1) is 5.56 Å². The Labute approximate surface area is 85.2 Å². The molecule has 0 aromatic carbocycles. The van der Waals surface area contributed by atoms with Crippen LogP contribution >= 0.6 is 15.9 Å². The Balaban J connectivity index is 3.27. The molecule has 3 nitrogen and oxygen atoms in total. The second-order valence-electron chi connectivity index (χ2n) is 2.41. The number of rotatable bonds is 1. The summed E-state index contributed by atoms with van der Waals surface area (Å²) in [7, 11) is 0. The molecule has 14 heavy (non-hydrogen) atoms. The van der Waals surface area contributed by atoms with E-state index in [9.17, 15) is 18.0 Å². The predicted molar refractivity (Wildman–Crippen MR) is 45.5 cm³/mol. The van der Waals surface area contributed by atoms with E-state index in [1.807, 2.05) is 0 Å². The molecule has 0 saturated carbocycles. The third kappa shape index (κ3) is 2.22. The van der Waals surface area contributed by atoms with Crippen LogP contribution in [0.5, 0.6) is 0 Å². The van der Waals surface area contributed by atoms with Crippen LogP contribution < -0.4 is 5.73 Å². The van der Waals surface area contributed by atoms with Gasteiger partial charge in [0.15, 0.2) is 0 Å². The Kier molecular flexibility index (Phi) is 2.79. The van der Waals surface area contributed by atoms with Crippen molar-refractivity contribution in [1.29, 1.82) is 0 Å². The molecular weight excluding hydrogens is 265 g/mol. The number of halogens is 4. The molecule has 7 heteroatoms. The number of nitrogens with zero attached hydrogens (tertiary/aromatic N) is 1. The van der Waals surface area contributed by atoms with Gasteiger partial charge in [0.2, 0.25) is 5.91 Å².